The summed E-state index contributed by atoms with van der Waals surface area (Å²) >= 11 is 0. The van der Waals surface area contributed by atoms with Gasteiger partial charge in [0.15, 0.2) is 6.39 Å². The highest BCUT2D eigenvalue weighted by atomic mass is 16.3. The van der Waals surface area contributed by atoms with Crippen LogP contribution in [-0.2, 0) is 17.8 Å². The molecule has 1 aromatic heterocycles. The van der Waals surface area contributed by atoms with E-state index < -0.39 is 5.54 Å². The largest absolute Gasteiger partial charge is 0.448 e. The van der Waals surface area contributed by atoms with Crippen LogP contribution >= 0.6 is 0 Å². The van der Waals surface area contributed by atoms with Gasteiger partial charge in [-0.25, -0.2) is 9.78 Å². The van der Waals surface area contributed by atoms with E-state index in [0.29, 0.717) is 17.9 Å². The first-order chi connectivity index (χ1) is 11.9. The maximum Gasteiger partial charge on any atom is 0.325 e. The van der Waals surface area contributed by atoms with E-state index in [1.165, 1.54) is 11.3 Å². The van der Waals surface area contributed by atoms with Gasteiger partial charge >= 0.3 is 6.03 Å². The van der Waals surface area contributed by atoms with E-state index in [2.05, 4.69) is 10.3 Å². The number of aromatic nitrogens is 1. The summed E-state index contributed by atoms with van der Waals surface area (Å²) in [6.07, 6.45) is 2.63. The molecule has 1 aromatic carbocycles. The van der Waals surface area contributed by atoms with Crippen molar-refractivity contribution in [2.24, 2.45) is 0 Å². The lowest BCUT2D eigenvalue weighted by atomic mass is 9.93. The number of aryl methyl sites for hydroxylation is 1. The number of hydrogen-bond acceptors (Lipinski definition) is 4. The van der Waals surface area contributed by atoms with Gasteiger partial charge in [0.1, 0.15) is 17.0 Å². The molecule has 3 rings (SSSR count). The molecule has 25 heavy (non-hydrogen) atoms. The number of carbonyl (C=O) groups is 2. The van der Waals surface area contributed by atoms with E-state index in [0.717, 1.165) is 12.0 Å². The van der Waals surface area contributed by atoms with Crippen molar-refractivity contribution >= 4 is 11.9 Å². The Bertz CT molecular complexity index is 769. The molecule has 132 valence electrons. The SMILES string of the molecule is CC(C)c1ocnc1CN1C(=O)N[C@](C)(CCc2ccccc2)C1=O. The molecular formula is C19H23N3O3. The molecule has 0 spiro atoms. The van der Waals surface area contributed by atoms with Crippen molar-refractivity contribution in [3.8, 4) is 0 Å². The number of carbonyl (C=O) groups excluding carboxylic acids is 2. The minimum atomic E-state index is -0.894. The van der Waals surface area contributed by atoms with E-state index in [1.807, 2.05) is 44.2 Å². The van der Waals surface area contributed by atoms with Gasteiger partial charge in [-0.1, -0.05) is 44.2 Å². The second kappa shape index (κ2) is 6.70. The standard InChI is InChI=1S/C19H23N3O3/c1-13(2)16-15(20-12-25-16)11-22-17(23)19(3,21-18(22)24)10-9-14-7-5-4-6-8-14/h4-8,12-13H,9-11H2,1-3H3,(H,21,24)/t19-/m1/s1. The molecule has 2 heterocycles. The van der Waals surface area contributed by atoms with Crippen molar-refractivity contribution in [2.75, 3.05) is 0 Å². The first-order valence-electron chi connectivity index (χ1n) is 8.51. The van der Waals surface area contributed by atoms with Gasteiger partial charge in [-0.15, -0.1) is 0 Å². The Balaban J connectivity index is 1.72. The summed E-state index contributed by atoms with van der Waals surface area (Å²) in [4.78, 5) is 30.6. The van der Waals surface area contributed by atoms with Crippen molar-refractivity contribution < 1.29 is 14.0 Å². The zero-order chi connectivity index (χ0) is 18.0. The number of nitrogens with zero attached hydrogens (tertiary/aromatic N) is 2. The molecule has 1 aliphatic heterocycles. The van der Waals surface area contributed by atoms with E-state index in [4.69, 9.17) is 4.42 Å². The summed E-state index contributed by atoms with van der Waals surface area (Å²) in [5, 5.41) is 2.84. The third-order valence-corrected chi connectivity index (χ3v) is 4.61. The predicted octanol–water partition coefficient (Wildman–Crippen LogP) is 3.24. The van der Waals surface area contributed by atoms with Gasteiger partial charge in [-0.2, -0.15) is 0 Å². The summed E-state index contributed by atoms with van der Waals surface area (Å²) in [7, 11) is 0. The molecule has 1 fully saturated rings. The normalized spacial score (nSPS) is 20.4. The average molecular weight is 341 g/mol. The molecule has 2 aromatic rings. The molecule has 0 aliphatic carbocycles. The fraction of sp³-hybridized carbons (Fsp3) is 0.421. The van der Waals surface area contributed by atoms with Crippen LogP contribution in [0.15, 0.2) is 41.1 Å². The van der Waals surface area contributed by atoms with Crippen LogP contribution < -0.4 is 5.32 Å². The van der Waals surface area contributed by atoms with Gasteiger partial charge in [0, 0.05) is 5.92 Å². The Morgan fingerprint density at radius 2 is 1.96 bits per heavy atom. The number of nitrogens with one attached hydrogen (secondary N) is 1. The molecule has 1 atom stereocenters. The Morgan fingerprint density at radius 3 is 2.64 bits per heavy atom. The van der Waals surface area contributed by atoms with Crippen LogP contribution in [0.4, 0.5) is 4.79 Å². The van der Waals surface area contributed by atoms with E-state index in [9.17, 15) is 9.59 Å². The lowest BCUT2D eigenvalue weighted by Gasteiger charge is -2.21. The third-order valence-electron chi connectivity index (χ3n) is 4.61. The summed E-state index contributed by atoms with van der Waals surface area (Å²) < 4.78 is 5.38. The quantitative estimate of drug-likeness (QED) is 0.819. The lowest BCUT2D eigenvalue weighted by Crippen LogP contribution is -2.44. The van der Waals surface area contributed by atoms with Crippen LogP contribution in [0.25, 0.3) is 0 Å². The molecule has 0 bridgehead atoms. The first-order valence-corrected chi connectivity index (χ1v) is 8.51. The van der Waals surface area contributed by atoms with E-state index in [1.54, 1.807) is 6.92 Å². The van der Waals surface area contributed by atoms with Crippen molar-refractivity contribution in [2.45, 2.75) is 51.6 Å². The molecule has 6 nitrogen and oxygen atoms in total. The van der Waals surface area contributed by atoms with Crippen LogP contribution in [0.2, 0.25) is 0 Å². The van der Waals surface area contributed by atoms with Crippen LogP contribution in [-0.4, -0.2) is 27.4 Å². The number of amides is 3. The number of hydrogen-bond donors (Lipinski definition) is 1. The third kappa shape index (κ3) is 3.43. The van der Waals surface area contributed by atoms with E-state index in [-0.39, 0.29) is 24.4 Å². The first kappa shape index (κ1) is 17.2. The van der Waals surface area contributed by atoms with Crippen molar-refractivity contribution in [3.63, 3.8) is 0 Å². The Kier molecular flexibility index (Phi) is 4.61. The van der Waals surface area contributed by atoms with Crippen molar-refractivity contribution in [1.29, 1.82) is 0 Å². The number of imide groups is 1. The Labute approximate surface area is 147 Å². The fourth-order valence-corrected chi connectivity index (χ4v) is 3.12. The summed E-state index contributed by atoms with van der Waals surface area (Å²) in [6, 6.07) is 9.56. The van der Waals surface area contributed by atoms with Crippen LogP contribution in [0.3, 0.4) is 0 Å². The van der Waals surface area contributed by atoms with Gasteiger partial charge in [0.2, 0.25) is 0 Å². The molecular weight excluding hydrogens is 318 g/mol. The predicted molar refractivity (Wildman–Crippen MR) is 92.8 cm³/mol. The average Bonchev–Trinajstić information content (AvgIpc) is 3.14. The second-order valence-corrected chi connectivity index (χ2v) is 6.96. The Morgan fingerprint density at radius 1 is 1.24 bits per heavy atom. The second-order valence-electron chi connectivity index (χ2n) is 6.96. The zero-order valence-corrected chi connectivity index (χ0v) is 14.8. The van der Waals surface area contributed by atoms with Gasteiger partial charge in [-0.3, -0.25) is 9.69 Å². The smallest absolute Gasteiger partial charge is 0.325 e. The maximum absolute atomic E-state index is 12.9. The van der Waals surface area contributed by atoms with Crippen molar-refractivity contribution in [3.05, 3.63) is 53.7 Å². The topological polar surface area (TPSA) is 75.4 Å². The number of urea groups is 1. The summed E-state index contributed by atoms with van der Waals surface area (Å²) in [5.41, 5.74) is 0.878. The molecule has 1 saturated heterocycles. The van der Waals surface area contributed by atoms with Crippen molar-refractivity contribution in [1.82, 2.24) is 15.2 Å². The fourth-order valence-electron chi connectivity index (χ4n) is 3.12. The monoisotopic (exact) mass is 341 g/mol. The van der Waals surface area contributed by atoms with Gasteiger partial charge in [0.25, 0.3) is 5.91 Å². The summed E-state index contributed by atoms with van der Waals surface area (Å²) in [5.74, 6) is 0.632. The molecule has 1 N–H and O–H groups in total. The minimum absolute atomic E-state index is 0.135. The number of benzene rings is 1. The molecule has 0 unspecified atom stereocenters. The molecule has 0 radical (unpaired) electrons. The maximum atomic E-state index is 12.9. The van der Waals surface area contributed by atoms with Gasteiger partial charge < -0.3 is 9.73 Å². The van der Waals surface area contributed by atoms with Crippen LogP contribution in [0.1, 0.15) is 50.1 Å². The van der Waals surface area contributed by atoms with E-state index >= 15 is 0 Å². The Hall–Kier alpha value is -2.63. The van der Waals surface area contributed by atoms with Gasteiger partial charge in [-0.05, 0) is 25.3 Å². The molecule has 1 aliphatic rings. The molecule has 0 saturated carbocycles. The highest BCUT2D eigenvalue weighted by molar-refractivity contribution is 6.06. The highest BCUT2D eigenvalue weighted by Gasteiger charge is 2.47. The zero-order valence-electron chi connectivity index (χ0n) is 14.8. The number of rotatable bonds is 6. The highest BCUT2D eigenvalue weighted by Crippen LogP contribution is 2.26. The van der Waals surface area contributed by atoms with Crippen LogP contribution in [0, 0.1) is 0 Å². The van der Waals surface area contributed by atoms with Gasteiger partial charge in [0.05, 0.1) is 6.54 Å². The lowest BCUT2D eigenvalue weighted by molar-refractivity contribution is -0.131. The molecule has 6 heteroatoms. The minimum Gasteiger partial charge on any atom is -0.448 e. The molecule has 3 amide bonds. The number of oxazole rings is 1. The summed E-state index contributed by atoms with van der Waals surface area (Å²) in [6.45, 7) is 5.89. The van der Waals surface area contributed by atoms with Crippen LogP contribution in [0.5, 0.6) is 0 Å².